The van der Waals surface area contributed by atoms with Crippen LogP contribution in [-0.2, 0) is 22.7 Å². The maximum absolute atomic E-state index is 13.0. The highest BCUT2D eigenvalue weighted by molar-refractivity contribution is 5.84. The molecule has 0 unspecified atom stereocenters. The number of hydrogen-bond acceptors (Lipinski definition) is 3. The van der Waals surface area contributed by atoms with Crippen molar-refractivity contribution < 1.29 is 9.59 Å². The Balaban J connectivity index is 1.02. The molecule has 32 heavy (non-hydrogen) atoms. The predicted octanol–water partition coefficient (Wildman–Crippen LogP) is 4.01. The molecule has 2 amide bonds. The molecule has 0 spiro atoms. The summed E-state index contributed by atoms with van der Waals surface area (Å²) in [6, 6.07) is 8.60. The van der Waals surface area contributed by atoms with Gasteiger partial charge in [0.05, 0.1) is 0 Å². The number of benzene rings is 1. The van der Waals surface area contributed by atoms with E-state index in [-0.39, 0.29) is 17.2 Å². The van der Waals surface area contributed by atoms with Crippen LogP contribution in [0.3, 0.4) is 0 Å². The van der Waals surface area contributed by atoms with E-state index >= 15 is 0 Å². The van der Waals surface area contributed by atoms with Gasteiger partial charge in [-0.2, -0.15) is 0 Å². The van der Waals surface area contributed by atoms with Gasteiger partial charge in [0.2, 0.25) is 11.8 Å². The Bertz CT molecular complexity index is 777. The molecule has 4 bridgehead atoms. The van der Waals surface area contributed by atoms with Crippen LogP contribution in [0.25, 0.3) is 0 Å². The van der Waals surface area contributed by atoms with E-state index in [9.17, 15) is 9.59 Å². The van der Waals surface area contributed by atoms with Crippen LogP contribution >= 0.6 is 0 Å². The van der Waals surface area contributed by atoms with E-state index in [0.717, 1.165) is 49.1 Å². The summed E-state index contributed by atoms with van der Waals surface area (Å²) in [5.41, 5.74) is 2.34. The van der Waals surface area contributed by atoms with Crippen LogP contribution < -0.4 is 10.6 Å². The number of nitrogens with one attached hydrogen (secondary N) is 2. The zero-order valence-corrected chi connectivity index (χ0v) is 19.4. The van der Waals surface area contributed by atoms with Crippen LogP contribution in [-0.4, -0.2) is 36.3 Å². The second-order valence-corrected chi connectivity index (χ2v) is 11.1. The third-order valence-electron chi connectivity index (χ3n) is 8.53. The molecule has 5 nitrogen and oxygen atoms in total. The van der Waals surface area contributed by atoms with Crippen molar-refractivity contribution >= 4 is 11.8 Å². The van der Waals surface area contributed by atoms with Gasteiger partial charge < -0.3 is 10.6 Å². The van der Waals surface area contributed by atoms with Gasteiger partial charge in [-0.05, 0) is 93.3 Å². The zero-order chi connectivity index (χ0) is 22.0. The van der Waals surface area contributed by atoms with Crippen LogP contribution in [0.2, 0.25) is 0 Å². The predicted molar refractivity (Wildman–Crippen MR) is 126 cm³/mol. The van der Waals surface area contributed by atoms with E-state index in [2.05, 4.69) is 39.8 Å². The largest absolute Gasteiger partial charge is 0.355 e. The summed E-state index contributed by atoms with van der Waals surface area (Å²) >= 11 is 0. The molecule has 0 aromatic heterocycles. The molecule has 6 rings (SSSR count). The topological polar surface area (TPSA) is 61.4 Å². The molecule has 2 N–H and O–H groups in total. The Hall–Kier alpha value is -1.88. The summed E-state index contributed by atoms with van der Waals surface area (Å²) < 4.78 is 0. The number of nitrogens with zero attached hydrogens (tertiary/aromatic N) is 1. The van der Waals surface area contributed by atoms with Gasteiger partial charge in [0.1, 0.15) is 0 Å². The minimum absolute atomic E-state index is 0.00760. The van der Waals surface area contributed by atoms with Crippen LogP contribution in [0.15, 0.2) is 24.3 Å². The van der Waals surface area contributed by atoms with E-state index in [1.807, 2.05) is 0 Å². The van der Waals surface area contributed by atoms with Crippen LogP contribution in [0, 0.1) is 23.2 Å². The van der Waals surface area contributed by atoms with E-state index in [1.54, 1.807) is 0 Å². The molecule has 174 valence electrons. The van der Waals surface area contributed by atoms with Gasteiger partial charge >= 0.3 is 0 Å². The molecule has 0 radical (unpaired) electrons. The third kappa shape index (κ3) is 5.03. The number of carbonyl (C=O) groups is 2. The highest BCUT2D eigenvalue weighted by Gasteiger charge is 2.54. The number of piperidine rings is 1. The summed E-state index contributed by atoms with van der Waals surface area (Å²) in [7, 11) is 0. The average Bonchev–Trinajstić information content (AvgIpc) is 2.78. The second-order valence-electron chi connectivity index (χ2n) is 11.1. The Kier molecular flexibility index (Phi) is 6.54. The number of hydrogen-bond donors (Lipinski definition) is 2. The molecular weight excluding hydrogens is 398 g/mol. The monoisotopic (exact) mass is 437 g/mol. The lowest BCUT2D eigenvalue weighted by Crippen LogP contribution is -2.53. The van der Waals surface area contributed by atoms with Crippen molar-refractivity contribution in [2.75, 3.05) is 19.6 Å². The zero-order valence-electron chi connectivity index (χ0n) is 19.4. The van der Waals surface area contributed by atoms with E-state index in [4.69, 9.17) is 0 Å². The fourth-order valence-corrected chi connectivity index (χ4v) is 7.29. The van der Waals surface area contributed by atoms with Crippen molar-refractivity contribution in [3.05, 3.63) is 35.4 Å². The van der Waals surface area contributed by atoms with E-state index in [0.29, 0.717) is 19.5 Å². The first-order chi connectivity index (χ1) is 15.6. The number of rotatable bonds is 8. The summed E-state index contributed by atoms with van der Waals surface area (Å²) in [4.78, 5) is 27.8. The van der Waals surface area contributed by atoms with E-state index < -0.39 is 0 Å². The number of amides is 2. The maximum Gasteiger partial charge on any atom is 0.226 e. The van der Waals surface area contributed by atoms with Gasteiger partial charge in [0.25, 0.3) is 0 Å². The van der Waals surface area contributed by atoms with Gasteiger partial charge in [-0.3, -0.25) is 14.5 Å². The average molecular weight is 438 g/mol. The van der Waals surface area contributed by atoms with Crippen LogP contribution in [0.5, 0.6) is 0 Å². The van der Waals surface area contributed by atoms with Gasteiger partial charge in [0.15, 0.2) is 0 Å². The molecule has 5 fully saturated rings. The van der Waals surface area contributed by atoms with Crippen molar-refractivity contribution in [2.45, 2.75) is 77.3 Å². The quantitative estimate of drug-likeness (QED) is 0.646. The van der Waals surface area contributed by atoms with Gasteiger partial charge in [0, 0.05) is 31.5 Å². The van der Waals surface area contributed by atoms with E-state index in [1.165, 1.54) is 57.2 Å². The van der Waals surface area contributed by atoms with Crippen molar-refractivity contribution in [2.24, 2.45) is 23.2 Å². The van der Waals surface area contributed by atoms with Crippen molar-refractivity contribution in [3.63, 3.8) is 0 Å². The van der Waals surface area contributed by atoms with Crippen molar-refractivity contribution in [3.8, 4) is 0 Å². The first-order valence-electron chi connectivity index (χ1n) is 12.9. The lowest BCUT2D eigenvalue weighted by molar-refractivity contribution is -0.146. The highest BCUT2D eigenvalue weighted by atomic mass is 16.2. The Morgan fingerprint density at radius 2 is 1.44 bits per heavy atom. The normalized spacial score (nSPS) is 31.4. The second kappa shape index (κ2) is 9.54. The summed E-state index contributed by atoms with van der Waals surface area (Å²) in [6.45, 7) is 4.43. The molecule has 1 aromatic rings. The standard InChI is InChI=1S/C27H39N3O2/c31-25(29-18-20-4-6-21(7-5-20)19-30-10-2-1-3-11-30)8-9-28-26(32)27-15-22-12-23(16-27)14-24(13-22)17-27/h4-7,22-24H,1-3,8-19H2,(H,28,32)(H,29,31). The lowest BCUT2D eigenvalue weighted by atomic mass is 9.49. The molecule has 4 aliphatic carbocycles. The molecule has 1 aromatic carbocycles. The summed E-state index contributed by atoms with van der Waals surface area (Å²) in [6.07, 6.45) is 11.6. The van der Waals surface area contributed by atoms with Gasteiger partial charge in [-0.1, -0.05) is 30.7 Å². The first kappa shape index (κ1) is 21.9. The molecule has 0 atom stereocenters. The number of likely N-dealkylation sites (tertiary alicyclic amines) is 1. The third-order valence-corrected chi connectivity index (χ3v) is 8.53. The highest BCUT2D eigenvalue weighted by Crippen LogP contribution is 2.60. The minimum Gasteiger partial charge on any atom is -0.355 e. The first-order valence-corrected chi connectivity index (χ1v) is 12.9. The molecular formula is C27H39N3O2. The van der Waals surface area contributed by atoms with Crippen molar-refractivity contribution in [1.29, 1.82) is 0 Å². The molecule has 5 heteroatoms. The van der Waals surface area contributed by atoms with Gasteiger partial charge in [-0.15, -0.1) is 0 Å². The molecule has 1 saturated heterocycles. The molecule has 1 heterocycles. The summed E-state index contributed by atoms with van der Waals surface area (Å²) in [5, 5.41) is 6.12. The fourth-order valence-electron chi connectivity index (χ4n) is 7.29. The Morgan fingerprint density at radius 1 is 0.844 bits per heavy atom. The Morgan fingerprint density at radius 3 is 2.06 bits per heavy atom. The molecule has 5 aliphatic rings. The smallest absolute Gasteiger partial charge is 0.226 e. The van der Waals surface area contributed by atoms with Crippen LogP contribution in [0.4, 0.5) is 0 Å². The minimum atomic E-state index is -0.124. The summed E-state index contributed by atoms with van der Waals surface area (Å²) in [5.74, 6) is 2.52. The molecule has 1 aliphatic heterocycles. The molecule has 4 saturated carbocycles. The van der Waals surface area contributed by atoms with Gasteiger partial charge in [-0.25, -0.2) is 0 Å². The number of carbonyl (C=O) groups excluding carboxylic acids is 2. The van der Waals surface area contributed by atoms with Crippen molar-refractivity contribution in [1.82, 2.24) is 15.5 Å². The van der Waals surface area contributed by atoms with Crippen LogP contribution in [0.1, 0.15) is 75.3 Å². The maximum atomic E-state index is 13.0. The fraction of sp³-hybridized carbons (Fsp3) is 0.704. The lowest BCUT2D eigenvalue weighted by Gasteiger charge is -2.55. The Labute approximate surface area is 192 Å². The SMILES string of the molecule is O=C(CCNC(=O)C12CC3CC(CC(C3)C1)C2)NCc1ccc(CN2CCCCC2)cc1.